The van der Waals surface area contributed by atoms with Crippen LogP contribution in [-0.4, -0.2) is 13.6 Å². The lowest BCUT2D eigenvalue weighted by molar-refractivity contribution is 0.392. The smallest absolute Gasteiger partial charge is 0.240 e. The molecule has 20 heavy (non-hydrogen) atoms. The molecule has 0 amide bonds. The molecule has 1 aromatic heterocycles. The lowest BCUT2D eigenvalue weighted by Crippen LogP contribution is -2.23. The van der Waals surface area contributed by atoms with Crippen LogP contribution in [0.1, 0.15) is 22.6 Å². The van der Waals surface area contributed by atoms with E-state index in [-0.39, 0.29) is 11.4 Å². The molecule has 2 aromatic rings. The maximum absolute atomic E-state index is 12.2. The maximum atomic E-state index is 12.2. The van der Waals surface area contributed by atoms with Crippen molar-refractivity contribution in [2.75, 3.05) is 0 Å². The third-order valence-corrected chi connectivity index (χ3v) is 4.51. The summed E-state index contributed by atoms with van der Waals surface area (Å²) >= 11 is 0. The Bertz CT molecular complexity index is 671. The molecule has 108 valence electrons. The zero-order valence-electron chi connectivity index (χ0n) is 11.4. The molecule has 0 unspecified atom stereocenters. The molecule has 0 saturated carbocycles. The van der Waals surface area contributed by atoms with Crippen molar-refractivity contribution in [1.82, 2.24) is 9.88 Å². The minimum atomic E-state index is -3.56. The Labute approximate surface area is 118 Å². The van der Waals surface area contributed by atoms with Crippen molar-refractivity contribution in [3.63, 3.8) is 0 Å². The molecule has 0 atom stereocenters. The van der Waals surface area contributed by atoms with E-state index in [0.717, 1.165) is 11.1 Å². The van der Waals surface area contributed by atoms with Gasteiger partial charge < -0.3 is 10.3 Å². The van der Waals surface area contributed by atoms with E-state index >= 15 is 0 Å². The molecule has 3 N–H and O–H groups in total. The van der Waals surface area contributed by atoms with Gasteiger partial charge in [0.1, 0.15) is 5.76 Å². The summed E-state index contributed by atoms with van der Waals surface area (Å²) < 4.78 is 31.8. The molecular formula is C13H17N3O3S. The molecule has 2 rings (SSSR count). The van der Waals surface area contributed by atoms with E-state index in [1.54, 1.807) is 26.0 Å². The van der Waals surface area contributed by atoms with Crippen molar-refractivity contribution in [2.24, 2.45) is 5.73 Å². The SMILES string of the molecule is Cc1noc(C)c1CNS(=O)(=O)c1ccc(CN)cc1. The van der Waals surface area contributed by atoms with Crippen LogP contribution in [0.4, 0.5) is 0 Å². The molecule has 0 aliphatic carbocycles. The summed E-state index contributed by atoms with van der Waals surface area (Å²) in [4.78, 5) is 0.210. The van der Waals surface area contributed by atoms with Gasteiger partial charge in [0.25, 0.3) is 0 Å². The van der Waals surface area contributed by atoms with Gasteiger partial charge in [0.2, 0.25) is 10.0 Å². The molecule has 0 spiro atoms. The molecule has 1 aromatic carbocycles. The highest BCUT2D eigenvalue weighted by molar-refractivity contribution is 7.89. The van der Waals surface area contributed by atoms with Gasteiger partial charge >= 0.3 is 0 Å². The Morgan fingerprint density at radius 2 is 1.90 bits per heavy atom. The number of aryl methyl sites for hydroxylation is 2. The highest BCUT2D eigenvalue weighted by atomic mass is 32.2. The van der Waals surface area contributed by atoms with Gasteiger partial charge in [-0.05, 0) is 31.5 Å². The number of nitrogens with two attached hydrogens (primary N) is 1. The summed E-state index contributed by atoms with van der Waals surface area (Å²) in [6.45, 7) is 4.06. The summed E-state index contributed by atoms with van der Waals surface area (Å²) in [5.74, 6) is 0.615. The Kier molecular flexibility index (Phi) is 4.22. The monoisotopic (exact) mass is 295 g/mol. The van der Waals surface area contributed by atoms with Gasteiger partial charge in [-0.1, -0.05) is 17.3 Å². The standard InChI is InChI=1S/C13H17N3O3S/c1-9-13(10(2)19-16-9)8-15-20(17,18)12-5-3-11(7-14)4-6-12/h3-6,15H,7-8,14H2,1-2H3. The first-order valence-electron chi connectivity index (χ1n) is 6.14. The fourth-order valence-electron chi connectivity index (χ4n) is 1.81. The van der Waals surface area contributed by atoms with E-state index in [0.29, 0.717) is 18.0 Å². The number of sulfonamides is 1. The van der Waals surface area contributed by atoms with Gasteiger partial charge in [-0.3, -0.25) is 0 Å². The summed E-state index contributed by atoms with van der Waals surface area (Å²) in [6.07, 6.45) is 0. The first-order valence-corrected chi connectivity index (χ1v) is 7.63. The quantitative estimate of drug-likeness (QED) is 0.864. The molecule has 7 heteroatoms. The van der Waals surface area contributed by atoms with Crippen molar-refractivity contribution < 1.29 is 12.9 Å². The Morgan fingerprint density at radius 3 is 2.40 bits per heavy atom. The third-order valence-electron chi connectivity index (χ3n) is 3.09. The highest BCUT2D eigenvalue weighted by Gasteiger charge is 2.16. The fourth-order valence-corrected chi connectivity index (χ4v) is 2.80. The Balaban J connectivity index is 2.15. The number of aromatic nitrogens is 1. The molecule has 0 saturated heterocycles. The number of benzene rings is 1. The number of nitrogens with zero attached hydrogens (tertiary/aromatic N) is 1. The van der Waals surface area contributed by atoms with Crippen LogP contribution in [0.2, 0.25) is 0 Å². The minimum absolute atomic E-state index is 0.155. The van der Waals surface area contributed by atoms with Crippen molar-refractivity contribution in [3.05, 3.63) is 46.8 Å². The summed E-state index contributed by atoms with van der Waals surface area (Å²) in [7, 11) is -3.56. The molecule has 1 heterocycles. The first-order chi connectivity index (χ1) is 9.44. The molecule has 0 aliphatic rings. The van der Waals surface area contributed by atoms with E-state index < -0.39 is 10.0 Å². The molecule has 0 radical (unpaired) electrons. The average molecular weight is 295 g/mol. The zero-order valence-corrected chi connectivity index (χ0v) is 12.2. The summed E-state index contributed by atoms with van der Waals surface area (Å²) in [5.41, 5.74) is 7.81. The van der Waals surface area contributed by atoms with Gasteiger partial charge in [-0.25, -0.2) is 13.1 Å². The average Bonchev–Trinajstić information content (AvgIpc) is 2.76. The van der Waals surface area contributed by atoms with E-state index in [9.17, 15) is 8.42 Å². The fraction of sp³-hybridized carbons (Fsp3) is 0.308. The normalized spacial score (nSPS) is 11.8. The predicted octanol–water partition coefficient (Wildman–Crippen LogP) is 1.23. The number of hydrogen-bond acceptors (Lipinski definition) is 5. The lowest BCUT2D eigenvalue weighted by Gasteiger charge is -2.07. The van der Waals surface area contributed by atoms with Crippen molar-refractivity contribution in [1.29, 1.82) is 0 Å². The Hall–Kier alpha value is -1.70. The van der Waals surface area contributed by atoms with Gasteiger partial charge in [0.05, 0.1) is 10.6 Å². The third kappa shape index (κ3) is 3.06. The molecule has 0 bridgehead atoms. The summed E-state index contributed by atoms with van der Waals surface area (Å²) in [6, 6.07) is 6.48. The molecule has 6 nitrogen and oxygen atoms in total. The van der Waals surface area contributed by atoms with Crippen LogP contribution >= 0.6 is 0 Å². The predicted molar refractivity (Wildman–Crippen MR) is 74.3 cm³/mol. The number of nitrogens with one attached hydrogen (secondary N) is 1. The Morgan fingerprint density at radius 1 is 1.25 bits per heavy atom. The van der Waals surface area contributed by atoms with Crippen LogP contribution in [-0.2, 0) is 23.1 Å². The van der Waals surface area contributed by atoms with E-state index in [2.05, 4.69) is 9.88 Å². The second-order valence-electron chi connectivity index (χ2n) is 4.48. The highest BCUT2D eigenvalue weighted by Crippen LogP contribution is 2.14. The topological polar surface area (TPSA) is 98.2 Å². The van der Waals surface area contributed by atoms with E-state index in [1.165, 1.54) is 12.1 Å². The van der Waals surface area contributed by atoms with Gasteiger partial charge in [0, 0.05) is 18.7 Å². The van der Waals surface area contributed by atoms with E-state index in [4.69, 9.17) is 10.3 Å². The van der Waals surface area contributed by atoms with Crippen LogP contribution < -0.4 is 10.5 Å². The lowest BCUT2D eigenvalue weighted by atomic mass is 10.2. The van der Waals surface area contributed by atoms with Crippen LogP contribution in [0.5, 0.6) is 0 Å². The first kappa shape index (κ1) is 14.7. The summed E-state index contributed by atoms with van der Waals surface area (Å²) in [5, 5.41) is 3.79. The second kappa shape index (κ2) is 5.74. The number of hydrogen-bond donors (Lipinski definition) is 2. The minimum Gasteiger partial charge on any atom is -0.361 e. The van der Waals surface area contributed by atoms with Gasteiger partial charge in [0.15, 0.2) is 0 Å². The zero-order chi connectivity index (χ0) is 14.8. The number of rotatable bonds is 5. The van der Waals surface area contributed by atoms with Gasteiger partial charge in [-0.15, -0.1) is 0 Å². The van der Waals surface area contributed by atoms with Crippen molar-refractivity contribution in [2.45, 2.75) is 31.8 Å². The van der Waals surface area contributed by atoms with E-state index in [1.807, 2.05) is 0 Å². The van der Waals surface area contributed by atoms with Crippen LogP contribution in [0, 0.1) is 13.8 Å². The van der Waals surface area contributed by atoms with Crippen molar-refractivity contribution in [3.8, 4) is 0 Å². The van der Waals surface area contributed by atoms with Crippen LogP contribution in [0.3, 0.4) is 0 Å². The molecule has 0 fully saturated rings. The second-order valence-corrected chi connectivity index (χ2v) is 6.24. The molecular weight excluding hydrogens is 278 g/mol. The van der Waals surface area contributed by atoms with Crippen LogP contribution in [0.25, 0.3) is 0 Å². The molecule has 0 aliphatic heterocycles. The van der Waals surface area contributed by atoms with Gasteiger partial charge in [-0.2, -0.15) is 0 Å². The largest absolute Gasteiger partial charge is 0.361 e. The maximum Gasteiger partial charge on any atom is 0.240 e. The van der Waals surface area contributed by atoms with Crippen LogP contribution in [0.15, 0.2) is 33.7 Å². The van der Waals surface area contributed by atoms with Crippen molar-refractivity contribution >= 4 is 10.0 Å².